The minimum atomic E-state index is -0.0566. The fourth-order valence-electron chi connectivity index (χ4n) is 1.47. The molecule has 0 unspecified atom stereocenters. The van der Waals surface area contributed by atoms with Crippen LogP contribution < -0.4 is 10.1 Å². The van der Waals surface area contributed by atoms with E-state index in [-0.39, 0.29) is 5.91 Å². The van der Waals surface area contributed by atoms with Crippen molar-refractivity contribution in [1.29, 1.82) is 0 Å². The highest BCUT2D eigenvalue weighted by molar-refractivity contribution is 7.99. The minimum absolute atomic E-state index is 0.0566. The molecule has 0 fully saturated rings. The molecule has 0 aliphatic rings. The van der Waals surface area contributed by atoms with Crippen LogP contribution in [-0.2, 0) is 4.79 Å². The van der Waals surface area contributed by atoms with Gasteiger partial charge in [-0.05, 0) is 24.3 Å². The molecule has 2 rings (SSSR count). The third-order valence-corrected chi connectivity index (χ3v) is 3.26. The van der Waals surface area contributed by atoms with Crippen LogP contribution >= 0.6 is 11.8 Å². The van der Waals surface area contributed by atoms with E-state index in [1.807, 2.05) is 0 Å². The molecule has 1 heterocycles. The van der Waals surface area contributed by atoms with Crippen molar-refractivity contribution in [2.45, 2.75) is 18.6 Å². The van der Waals surface area contributed by atoms with Crippen molar-refractivity contribution in [1.82, 2.24) is 10.2 Å². The summed E-state index contributed by atoms with van der Waals surface area (Å²) in [5, 5.41) is 10.9. The van der Waals surface area contributed by atoms with Gasteiger partial charge in [-0.25, -0.2) is 0 Å². The zero-order chi connectivity index (χ0) is 14.4. The van der Waals surface area contributed by atoms with Crippen molar-refractivity contribution in [2.75, 3.05) is 18.2 Å². The molecule has 0 spiro atoms. The number of methoxy groups -OCH3 is 1. The van der Waals surface area contributed by atoms with Crippen molar-refractivity contribution in [2.24, 2.45) is 0 Å². The predicted molar refractivity (Wildman–Crippen MR) is 76.0 cm³/mol. The Balaban J connectivity index is 1.74. The van der Waals surface area contributed by atoms with Gasteiger partial charge in [-0.2, -0.15) is 0 Å². The maximum atomic E-state index is 11.7. The van der Waals surface area contributed by atoms with Crippen molar-refractivity contribution in [3.63, 3.8) is 0 Å². The third kappa shape index (κ3) is 4.27. The first-order chi connectivity index (χ1) is 9.67. The number of hydrogen-bond donors (Lipinski definition) is 1. The summed E-state index contributed by atoms with van der Waals surface area (Å²) in [5.74, 6) is 1.81. The molecule has 20 heavy (non-hydrogen) atoms. The van der Waals surface area contributed by atoms with Gasteiger partial charge >= 0.3 is 0 Å². The van der Waals surface area contributed by atoms with Crippen LogP contribution in [0.4, 0.5) is 5.69 Å². The molecule has 106 valence electrons. The van der Waals surface area contributed by atoms with E-state index < -0.39 is 0 Å². The maximum absolute atomic E-state index is 11.7. The number of nitrogens with zero attached hydrogens (tertiary/aromatic N) is 2. The number of rotatable bonds is 6. The van der Waals surface area contributed by atoms with E-state index in [9.17, 15) is 4.79 Å². The van der Waals surface area contributed by atoms with Crippen LogP contribution in [0.15, 0.2) is 33.9 Å². The smallest absolute Gasteiger partial charge is 0.276 e. The van der Waals surface area contributed by atoms with Gasteiger partial charge in [0.2, 0.25) is 11.8 Å². The van der Waals surface area contributed by atoms with E-state index in [2.05, 4.69) is 15.5 Å². The number of nitrogens with one attached hydrogen (secondary N) is 1. The summed E-state index contributed by atoms with van der Waals surface area (Å²) in [4.78, 5) is 11.7. The second-order valence-electron chi connectivity index (χ2n) is 3.96. The molecule has 0 saturated heterocycles. The van der Waals surface area contributed by atoms with Gasteiger partial charge in [0.05, 0.1) is 7.11 Å². The molecule has 1 amide bonds. The highest BCUT2D eigenvalue weighted by atomic mass is 32.2. The average Bonchev–Trinajstić information content (AvgIpc) is 2.85. The normalized spacial score (nSPS) is 10.3. The van der Waals surface area contributed by atoms with Gasteiger partial charge in [-0.1, -0.05) is 11.8 Å². The number of thioether (sulfide) groups is 1. The van der Waals surface area contributed by atoms with Gasteiger partial charge in [-0.3, -0.25) is 4.79 Å². The zero-order valence-electron chi connectivity index (χ0n) is 11.3. The number of aromatic nitrogens is 2. The Kier molecular flexibility index (Phi) is 5.00. The lowest BCUT2D eigenvalue weighted by atomic mass is 10.3. The van der Waals surface area contributed by atoms with Crippen LogP contribution in [0.1, 0.15) is 12.3 Å². The molecule has 0 bridgehead atoms. The van der Waals surface area contributed by atoms with Crippen molar-refractivity contribution >= 4 is 23.4 Å². The van der Waals surface area contributed by atoms with Crippen LogP contribution in [-0.4, -0.2) is 29.0 Å². The topological polar surface area (TPSA) is 77.2 Å². The van der Waals surface area contributed by atoms with E-state index in [0.717, 1.165) is 11.4 Å². The van der Waals surface area contributed by atoms with E-state index >= 15 is 0 Å². The second kappa shape index (κ2) is 6.95. The lowest BCUT2D eigenvalue weighted by Crippen LogP contribution is -2.12. The SMILES string of the molecule is COc1ccc(NC(=O)CCSc2nnc(C)o2)cc1. The lowest BCUT2D eigenvalue weighted by molar-refractivity contribution is -0.115. The van der Waals surface area contributed by atoms with Crippen molar-refractivity contribution < 1.29 is 13.9 Å². The number of ether oxygens (including phenoxy) is 1. The Morgan fingerprint density at radius 1 is 1.35 bits per heavy atom. The van der Waals surface area contributed by atoms with Crippen LogP contribution in [0, 0.1) is 6.92 Å². The van der Waals surface area contributed by atoms with E-state index in [1.54, 1.807) is 38.3 Å². The molecule has 1 aromatic heterocycles. The summed E-state index contributed by atoms with van der Waals surface area (Å²) in [6.07, 6.45) is 0.373. The number of hydrogen-bond acceptors (Lipinski definition) is 6. The summed E-state index contributed by atoms with van der Waals surface area (Å²) in [5.41, 5.74) is 0.745. The largest absolute Gasteiger partial charge is 0.497 e. The number of amides is 1. The minimum Gasteiger partial charge on any atom is -0.497 e. The van der Waals surface area contributed by atoms with Crippen molar-refractivity contribution in [3.05, 3.63) is 30.2 Å². The molecule has 1 aromatic carbocycles. The molecular formula is C13H15N3O3S. The average molecular weight is 293 g/mol. The van der Waals surface area contributed by atoms with Crippen LogP contribution in [0.2, 0.25) is 0 Å². The number of carbonyl (C=O) groups excluding carboxylic acids is 1. The summed E-state index contributed by atoms with van der Waals surface area (Å²) < 4.78 is 10.3. The van der Waals surface area contributed by atoms with Gasteiger partial charge in [-0.15, -0.1) is 10.2 Å². The zero-order valence-corrected chi connectivity index (χ0v) is 12.1. The van der Waals surface area contributed by atoms with Gasteiger partial charge in [0, 0.05) is 24.8 Å². The Labute approximate surface area is 120 Å². The predicted octanol–water partition coefficient (Wildman–Crippen LogP) is 2.51. The number of carbonyl (C=O) groups is 1. The van der Waals surface area contributed by atoms with Gasteiger partial charge in [0.1, 0.15) is 5.75 Å². The molecule has 0 atom stereocenters. The molecule has 0 radical (unpaired) electrons. The lowest BCUT2D eigenvalue weighted by Gasteiger charge is -2.05. The Morgan fingerprint density at radius 3 is 2.70 bits per heavy atom. The summed E-state index contributed by atoms with van der Waals surface area (Å²) in [6, 6.07) is 7.19. The fourth-order valence-corrected chi connectivity index (χ4v) is 2.21. The quantitative estimate of drug-likeness (QED) is 0.825. The molecule has 0 aliphatic carbocycles. The summed E-state index contributed by atoms with van der Waals surface area (Å²) in [7, 11) is 1.60. The molecule has 6 nitrogen and oxygen atoms in total. The highest BCUT2D eigenvalue weighted by Crippen LogP contribution is 2.18. The molecule has 2 aromatic rings. The van der Waals surface area contributed by atoms with E-state index in [0.29, 0.717) is 23.3 Å². The summed E-state index contributed by atoms with van der Waals surface area (Å²) in [6.45, 7) is 1.73. The Morgan fingerprint density at radius 2 is 2.10 bits per heavy atom. The first-order valence-corrected chi connectivity index (χ1v) is 7.03. The second-order valence-corrected chi connectivity index (χ2v) is 5.01. The van der Waals surface area contributed by atoms with E-state index in [1.165, 1.54) is 11.8 Å². The first-order valence-electron chi connectivity index (χ1n) is 6.04. The number of benzene rings is 1. The van der Waals surface area contributed by atoms with E-state index in [4.69, 9.17) is 9.15 Å². The monoisotopic (exact) mass is 293 g/mol. The third-order valence-electron chi connectivity index (χ3n) is 2.44. The number of anilines is 1. The fraction of sp³-hybridized carbons (Fsp3) is 0.308. The molecule has 7 heteroatoms. The highest BCUT2D eigenvalue weighted by Gasteiger charge is 2.06. The van der Waals surface area contributed by atoms with Crippen LogP contribution in [0.3, 0.4) is 0 Å². The molecular weight excluding hydrogens is 278 g/mol. The number of aryl methyl sites for hydroxylation is 1. The Hall–Kier alpha value is -2.02. The standard InChI is InChI=1S/C13H15N3O3S/c1-9-15-16-13(19-9)20-8-7-12(17)14-10-3-5-11(18-2)6-4-10/h3-6H,7-8H2,1-2H3,(H,14,17). The van der Waals surface area contributed by atoms with Gasteiger partial charge in [0.15, 0.2) is 0 Å². The van der Waals surface area contributed by atoms with Crippen LogP contribution in [0.5, 0.6) is 5.75 Å². The van der Waals surface area contributed by atoms with Gasteiger partial charge in [0.25, 0.3) is 5.22 Å². The van der Waals surface area contributed by atoms with Crippen molar-refractivity contribution in [3.8, 4) is 5.75 Å². The Bertz CT molecular complexity index is 568. The molecule has 0 aliphatic heterocycles. The van der Waals surface area contributed by atoms with Crippen LogP contribution in [0.25, 0.3) is 0 Å². The maximum Gasteiger partial charge on any atom is 0.276 e. The first kappa shape index (κ1) is 14.4. The summed E-state index contributed by atoms with van der Waals surface area (Å²) >= 11 is 1.37. The molecule has 1 N–H and O–H groups in total. The van der Waals surface area contributed by atoms with Gasteiger partial charge < -0.3 is 14.5 Å². The molecule has 0 saturated carbocycles.